The molecule has 31 heavy (non-hydrogen) atoms. The molecule has 1 aromatic heterocycles. The summed E-state index contributed by atoms with van der Waals surface area (Å²) in [6, 6.07) is 9.15. The predicted octanol–water partition coefficient (Wildman–Crippen LogP) is 3.55. The summed E-state index contributed by atoms with van der Waals surface area (Å²) in [7, 11) is 1.99. The molecule has 7 nitrogen and oxygen atoms in total. The molecule has 2 aromatic rings. The Hall–Kier alpha value is -1.68. The lowest BCUT2D eigenvalue weighted by Crippen LogP contribution is -2.48. The topological polar surface area (TPSA) is 70.4 Å². The Morgan fingerprint density at radius 1 is 1.16 bits per heavy atom. The second-order valence-corrected chi connectivity index (χ2v) is 8.29. The number of hydrogen-bond acceptors (Lipinski definition) is 4. The maximum atomic E-state index is 4.79. The number of piperidine rings is 1. The summed E-state index contributed by atoms with van der Waals surface area (Å²) < 4.78 is 2.00. The number of benzene rings is 1. The second kappa shape index (κ2) is 13.0. The largest absolute Gasteiger partial charge is 0.356 e. The van der Waals surface area contributed by atoms with Crippen molar-refractivity contribution in [3.8, 4) is 0 Å². The average molecular weight is 540 g/mol. The van der Waals surface area contributed by atoms with Gasteiger partial charge in [0.2, 0.25) is 0 Å². The molecule has 1 fully saturated rings. The van der Waals surface area contributed by atoms with Crippen LogP contribution in [0.4, 0.5) is 0 Å². The number of rotatable bonds is 8. The summed E-state index contributed by atoms with van der Waals surface area (Å²) >= 11 is 0. The van der Waals surface area contributed by atoms with Crippen LogP contribution in [-0.4, -0.2) is 51.3 Å². The van der Waals surface area contributed by atoms with Crippen LogP contribution in [0.1, 0.15) is 55.4 Å². The Kier molecular flexibility index (Phi) is 10.7. The molecule has 1 aliphatic rings. The maximum absolute atomic E-state index is 4.79. The van der Waals surface area contributed by atoms with Crippen molar-refractivity contribution in [2.75, 3.05) is 19.6 Å². The average Bonchev–Trinajstić information content (AvgIpc) is 3.07. The van der Waals surface area contributed by atoms with Crippen LogP contribution in [0.5, 0.6) is 0 Å². The molecule has 0 radical (unpaired) electrons. The first-order valence-corrected chi connectivity index (χ1v) is 11.2. The number of likely N-dealkylation sites (tertiary alicyclic amines) is 1. The summed E-state index contributed by atoms with van der Waals surface area (Å²) in [5.74, 6) is 2.69. The Morgan fingerprint density at radius 2 is 1.90 bits per heavy atom. The van der Waals surface area contributed by atoms with Crippen LogP contribution in [-0.2, 0) is 20.1 Å². The lowest BCUT2D eigenvalue weighted by molar-refractivity contribution is 0.198. The van der Waals surface area contributed by atoms with E-state index in [1.54, 1.807) is 0 Å². The molecule has 0 spiro atoms. The van der Waals surface area contributed by atoms with E-state index in [1.165, 1.54) is 17.5 Å². The minimum atomic E-state index is 0. The van der Waals surface area contributed by atoms with Crippen LogP contribution in [0.3, 0.4) is 0 Å². The molecule has 2 N–H and O–H groups in total. The first-order chi connectivity index (χ1) is 14.6. The predicted molar refractivity (Wildman–Crippen MR) is 138 cm³/mol. The van der Waals surface area contributed by atoms with Crippen LogP contribution in [0, 0.1) is 13.8 Å². The Labute approximate surface area is 204 Å². The molecular weight excluding hydrogens is 501 g/mol. The van der Waals surface area contributed by atoms with Gasteiger partial charge in [-0.05, 0) is 44.2 Å². The van der Waals surface area contributed by atoms with Crippen LogP contribution in [0.2, 0.25) is 0 Å². The van der Waals surface area contributed by atoms with Gasteiger partial charge in [0, 0.05) is 39.3 Å². The summed E-state index contributed by atoms with van der Waals surface area (Å²) in [4.78, 5) is 7.35. The zero-order valence-electron chi connectivity index (χ0n) is 19.4. The quantitative estimate of drug-likeness (QED) is 0.233. The van der Waals surface area contributed by atoms with Gasteiger partial charge in [-0.3, -0.25) is 4.90 Å². The Bertz CT molecular complexity index is 825. The van der Waals surface area contributed by atoms with Crippen LogP contribution < -0.4 is 10.6 Å². The van der Waals surface area contributed by atoms with E-state index in [0.717, 1.165) is 63.0 Å². The standard InChI is InChI=1S/C23H37N7.HI/c1-5-6-13-24-23(25-16-22-28-27-19(3)29(22)4)26-21-11-14-30(15-12-21)17-20-10-8-7-9-18(20)2;/h7-10,21H,5-6,11-17H2,1-4H3,(H2,24,25,26);1H. The van der Waals surface area contributed by atoms with E-state index in [4.69, 9.17) is 4.99 Å². The monoisotopic (exact) mass is 539 g/mol. The van der Waals surface area contributed by atoms with Gasteiger partial charge in [0.1, 0.15) is 12.4 Å². The van der Waals surface area contributed by atoms with Crippen molar-refractivity contribution in [3.05, 3.63) is 47.0 Å². The molecule has 0 atom stereocenters. The van der Waals surface area contributed by atoms with Crippen molar-refractivity contribution in [1.82, 2.24) is 30.3 Å². The van der Waals surface area contributed by atoms with E-state index in [2.05, 4.69) is 63.8 Å². The van der Waals surface area contributed by atoms with Crippen molar-refractivity contribution in [3.63, 3.8) is 0 Å². The zero-order valence-corrected chi connectivity index (χ0v) is 21.7. The lowest BCUT2D eigenvalue weighted by atomic mass is 10.0. The lowest BCUT2D eigenvalue weighted by Gasteiger charge is -2.33. The number of aryl methyl sites for hydroxylation is 2. The molecule has 0 unspecified atom stereocenters. The highest BCUT2D eigenvalue weighted by molar-refractivity contribution is 14.0. The molecular formula is C23H38IN7. The SMILES string of the molecule is CCCCNC(=NCc1nnc(C)n1C)NC1CCN(Cc2ccccc2C)CC1.I. The molecule has 0 aliphatic carbocycles. The number of hydrogen-bond donors (Lipinski definition) is 2. The number of aliphatic imine (C=N–C) groups is 1. The van der Waals surface area contributed by atoms with Crippen molar-refractivity contribution >= 4 is 29.9 Å². The summed E-state index contributed by atoms with van der Waals surface area (Å²) in [5.41, 5.74) is 2.82. The van der Waals surface area contributed by atoms with Crippen LogP contribution in [0.15, 0.2) is 29.3 Å². The van der Waals surface area contributed by atoms with E-state index in [1.807, 2.05) is 18.5 Å². The second-order valence-electron chi connectivity index (χ2n) is 8.29. The summed E-state index contributed by atoms with van der Waals surface area (Å²) in [5, 5.41) is 15.5. The van der Waals surface area contributed by atoms with Crippen LogP contribution in [0.25, 0.3) is 0 Å². The number of nitrogens with one attached hydrogen (secondary N) is 2. The number of unbranched alkanes of at least 4 members (excludes halogenated alkanes) is 1. The Balaban J connectivity index is 0.00000341. The van der Waals surface area contributed by atoms with Gasteiger partial charge in [-0.2, -0.15) is 0 Å². The Morgan fingerprint density at radius 3 is 2.55 bits per heavy atom. The molecule has 0 amide bonds. The van der Waals surface area contributed by atoms with Gasteiger partial charge in [0.15, 0.2) is 11.8 Å². The van der Waals surface area contributed by atoms with E-state index >= 15 is 0 Å². The first kappa shape index (κ1) is 25.6. The van der Waals surface area contributed by atoms with Gasteiger partial charge in [0.05, 0.1) is 0 Å². The van der Waals surface area contributed by atoms with E-state index < -0.39 is 0 Å². The number of guanidine groups is 1. The molecule has 3 rings (SSSR count). The van der Waals surface area contributed by atoms with Crippen molar-refractivity contribution in [2.45, 2.75) is 65.6 Å². The highest BCUT2D eigenvalue weighted by Crippen LogP contribution is 2.16. The summed E-state index contributed by atoms with van der Waals surface area (Å²) in [6.07, 6.45) is 4.56. The van der Waals surface area contributed by atoms with Crippen LogP contribution >= 0.6 is 24.0 Å². The third-order valence-corrected chi connectivity index (χ3v) is 5.97. The smallest absolute Gasteiger partial charge is 0.191 e. The number of aromatic nitrogens is 3. The van der Waals surface area contributed by atoms with Gasteiger partial charge in [-0.25, -0.2) is 4.99 Å². The van der Waals surface area contributed by atoms with E-state index in [0.29, 0.717) is 12.6 Å². The molecule has 0 saturated carbocycles. The van der Waals surface area contributed by atoms with Gasteiger partial charge in [-0.15, -0.1) is 34.2 Å². The van der Waals surface area contributed by atoms with E-state index in [9.17, 15) is 0 Å². The van der Waals surface area contributed by atoms with Crippen molar-refractivity contribution in [2.24, 2.45) is 12.0 Å². The minimum Gasteiger partial charge on any atom is -0.356 e. The molecule has 1 saturated heterocycles. The highest BCUT2D eigenvalue weighted by Gasteiger charge is 2.20. The number of halogens is 1. The highest BCUT2D eigenvalue weighted by atomic mass is 127. The normalized spacial score (nSPS) is 15.5. The fourth-order valence-corrected chi connectivity index (χ4v) is 3.73. The zero-order chi connectivity index (χ0) is 21.3. The van der Waals surface area contributed by atoms with Gasteiger partial charge < -0.3 is 15.2 Å². The van der Waals surface area contributed by atoms with Gasteiger partial charge in [-0.1, -0.05) is 37.6 Å². The number of nitrogens with zero attached hydrogens (tertiary/aromatic N) is 5. The minimum absolute atomic E-state index is 0. The summed E-state index contributed by atoms with van der Waals surface area (Å²) in [6.45, 7) is 11.1. The first-order valence-electron chi connectivity index (χ1n) is 11.2. The molecule has 1 aromatic carbocycles. The van der Waals surface area contributed by atoms with Gasteiger partial charge in [0.25, 0.3) is 0 Å². The van der Waals surface area contributed by atoms with E-state index in [-0.39, 0.29) is 24.0 Å². The third-order valence-electron chi connectivity index (χ3n) is 5.97. The molecule has 8 heteroatoms. The van der Waals surface area contributed by atoms with Gasteiger partial charge >= 0.3 is 0 Å². The molecule has 172 valence electrons. The molecule has 1 aliphatic heterocycles. The fourth-order valence-electron chi connectivity index (χ4n) is 3.73. The van der Waals surface area contributed by atoms with Crippen molar-refractivity contribution in [1.29, 1.82) is 0 Å². The molecule has 2 heterocycles. The van der Waals surface area contributed by atoms with Crippen molar-refractivity contribution < 1.29 is 0 Å². The third kappa shape index (κ3) is 7.75. The molecule has 0 bridgehead atoms. The fraction of sp³-hybridized carbons (Fsp3) is 0.609. The maximum Gasteiger partial charge on any atom is 0.191 e.